The number of pyridine rings is 1. The first-order chi connectivity index (χ1) is 18.1. The van der Waals surface area contributed by atoms with E-state index in [1.807, 2.05) is 42.5 Å². The molecular weight excluding hydrogens is 484 g/mol. The number of benzene rings is 3. The van der Waals surface area contributed by atoms with Crippen LogP contribution in [0.3, 0.4) is 0 Å². The standard InChI is InChI=1S/C28H20N6O2S/c1-36-21-9-11-22(12-10-21)37-25-13-6-19(28(35)33-20-7-4-18(16-29)5-8-20)15-24(25)34-27-23-3-2-14-30-26(23)31-17-32-27/h2-15,17H,1H3,(H,33,35)(H,30,31,32,34). The molecule has 9 heteroatoms. The number of nitriles is 1. The number of carbonyl (C=O) groups excluding carboxylic acids is 1. The number of aromatic nitrogens is 3. The average molecular weight is 505 g/mol. The number of amides is 1. The Balaban J connectivity index is 1.48. The van der Waals surface area contributed by atoms with E-state index in [2.05, 4.69) is 31.7 Å². The van der Waals surface area contributed by atoms with Crippen LogP contribution >= 0.6 is 11.8 Å². The van der Waals surface area contributed by atoms with Gasteiger partial charge in [0, 0.05) is 27.2 Å². The van der Waals surface area contributed by atoms with Crippen LogP contribution in [0, 0.1) is 11.3 Å². The number of ether oxygens (including phenoxy) is 1. The molecule has 0 fully saturated rings. The Kier molecular flexibility index (Phi) is 6.92. The molecule has 0 saturated carbocycles. The Morgan fingerprint density at radius 2 is 1.78 bits per heavy atom. The summed E-state index contributed by atoms with van der Waals surface area (Å²) in [5, 5.41) is 16.0. The average Bonchev–Trinajstić information content (AvgIpc) is 2.95. The minimum Gasteiger partial charge on any atom is -0.497 e. The Hall–Kier alpha value is -4.94. The highest BCUT2D eigenvalue weighted by Crippen LogP contribution is 2.37. The van der Waals surface area contributed by atoms with Crippen molar-refractivity contribution in [1.82, 2.24) is 15.0 Å². The lowest BCUT2D eigenvalue weighted by atomic mass is 10.1. The molecular formula is C28H20N6O2S. The van der Waals surface area contributed by atoms with E-state index in [1.54, 1.807) is 61.5 Å². The third-order valence-corrected chi connectivity index (χ3v) is 6.55. The van der Waals surface area contributed by atoms with E-state index in [9.17, 15) is 4.79 Å². The highest BCUT2D eigenvalue weighted by molar-refractivity contribution is 7.99. The van der Waals surface area contributed by atoms with Gasteiger partial charge >= 0.3 is 0 Å². The van der Waals surface area contributed by atoms with Gasteiger partial charge in [0.15, 0.2) is 5.65 Å². The summed E-state index contributed by atoms with van der Waals surface area (Å²) < 4.78 is 5.26. The number of anilines is 3. The van der Waals surface area contributed by atoms with Crippen molar-refractivity contribution in [2.24, 2.45) is 0 Å². The molecule has 0 aliphatic heterocycles. The normalized spacial score (nSPS) is 10.5. The van der Waals surface area contributed by atoms with Crippen LogP contribution in [0.15, 0.2) is 101 Å². The van der Waals surface area contributed by atoms with Crippen LogP contribution in [-0.4, -0.2) is 28.0 Å². The molecule has 0 radical (unpaired) electrons. The number of rotatable bonds is 7. The molecule has 3 aromatic carbocycles. The maximum Gasteiger partial charge on any atom is 0.255 e. The molecule has 8 nitrogen and oxygen atoms in total. The first kappa shape index (κ1) is 23.8. The van der Waals surface area contributed by atoms with Crippen LogP contribution in [0.2, 0.25) is 0 Å². The van der Waals surface area contributed by atoms with E-state index in [4.69, 9.17) is 10.00 Å². The van der Waals surface area contributed by atoms with Crippen molar-refractivity contribution in [3.63, 3.8) is 0 Å². The van der Waals surface area contributed by atoms with Crippen molar-refractivity contribution in [3.05, 3.63) is 103 Å². The molecule has 1 amide bonds. The van der Waals surface area contributed by atoms with Gasteiger partial charge in [0.25, 0.3) is 5.91 Å². The molecule has 37 heavy (non-hydrogen) atoms. The molecule has 2 aromatic heterocycles. The lowest BCUT2D eigenvalue weighted by Crippen LogP contribution is -2.12. The molecule has 0 atom stereocenters. The maximum atomic E-state index is 13.1. The van der Waals surface area contributed by atoms with Crippen molar-refractivity contribution in [1.29, 1.82) is 5.26 Å². The summed E-state index contributed by atoms with van der Waals surface area (Å²) in [6, 6.07) is 25.7. The van der Waals surface area contributed by atoms with Crippen molar-refractivity contribution in [2.45, 2.75) is 9.79 Å². The summed E-state index contributed by atoms with van der Waals surface area (Å²) in [7, 11) is 1.63. The van der Waals surface area contributed by atoms with Crippen LogP contribution in [0.1, 0.15) is 15.9 Å². The highest BCUT2D eigenvalue weighted by atomic mass is 32.2. The number of nitrogens with one attached hydrogen (secondary N) is 2. The minimum atomic E-state index is -0.275. The van der Waals surface area contributed by atoms with Crippen molar-refractivity contribution < 1.29 is 9.53 Å². The van der Waals surface area contributed by atoms with Gasteiger partial charge in [0.2, 0.25) is 0 Å². The van der Waals surface area contributed by atoms with Crippen LogP contribution in [0.4, 0.5) is 17.2 Å². The molecule has 2 N–H and O–H groups in total. The second-order valence-electron chi connectivity index (χ2n) is 7.85. The SMILES string of the molecule is COc1ccc(Sc2ccc(C(=O)Nc3ccc(C#N)cc3)cc2Nc2ncnc3ncccc23)cc1. The predicted octanol–water partition coefficient (Wildman–Crippen LogP) is 6.05. The van der Waals surface area contributed by atoms with Gasteiger partial charge in [0.05, 0.1) is 29.8 Å². The van der Waals surface area contributed by atoms with Crippen molar-refractivity contribution in [2.75, 3.05) is 17.7 Å². The summed E-state index contributed by atoms with van der Waals surface area (Å²) in [5.74, 6) is 1.08. The number of hydrogen-bond acceptors (Lipinski definition) is 8. The van der Waals surface area contributed by atoms with E-state index < -0.39 is 0 Å². The van der Waals surface area contributed by atoms with Crippen LogP contribution in [0.25, 0.3) is 11.0 Å². The van der Waals surface area contributed by atoms with Gasteiger partial charge in [-0.25, -0.2) is 15.0 Å². The molecule has 0 saturated heterocycles. The lowest BCUT2D eigenvalue weighted by Gasteiger charge is -2.15. The fourth-order valence-corrected chi connectivity index (χ4v) is 4.46. The zero-order chi connectivity index (χ0) is 25.6. The molecule has 0 spiro atoms. The van der Waals surface area contributed by atoms with Gasteiger partial charge in [-0.05, 0) is 78.9 Å². The predicted molar refractivity (Wildman–Crippen MR) is 143 cm³/mol. The van der Waals surface area contributed by atoms with E-state index in [-0.39, 0.29) is 5.91 Å². The summed E-state index contributed by atoms with van der Waals surface area (Å²) in [5.41, 5.74) is 2.86. The largest absolute Gasteiger partial charge is 0.497 e. The lowest BCUT2D eigenvalue weighted by molar-refractivity contribution is 0.102. The van der Waals surface area contributed by atoms with Gasteiger partial charge in [-0.1, -0.05) is 11.8 Å². The molecule has 0 aliphatic rings. The Labute approximate surface area is 217 Å². The molecule has 0 bridgehead atoms. The van der Waals surface area contributed by atoms with Crippen LogP contribution < -0.4 is 15.4 Å². The van der Waals surface area contributed by atoms with Gasteiger partial charge in [0.1, 0.15) is 17.9 Å². The van der Waals surface area contributed by atoms with Crippen molar-refractivity contribution in [3.8, 4) is 11.8 Å². The Morgan fingerprint density at radius 1 is 0.973 bits per heavy atom. The Bertz CT molecular complexity index is 1610. The number of hydrogen-bond donors (Lipinski definition) is 2. The van der Waals surface area contributed by atoms with Crippen molar-refractivity contribution >= 4 is 45.9 Å². The Morgan fingerprint density at radius 3 is 2.54 bits per heavy atom. The van der Waals surface area contributed by atoms with E-state index in [1.165, 1.54) is 6.33 Å². The summed E-state index contributed by atoms with van der Waals surface area (Å²) in [6.45, 7) is 0. The monoisotopic (exact) mass is 504 g/mol. The molecule has 0 aliphatic carbocycles. The van der Waals surface area contributed by atoms with E-state index in [0.717, 1.165) is 20.9 Å². The molecule has 180 valence electrons. The summed E-state index contributed by atoms with van der Waals surface area (Å²) in [4.78, 5) is 27.9. The quantitative estimate of drug-likeness (QED) is 0.275. The highest BCUT2D eigenvalue weighted by Gasteiger charge is 2.14. The fourth-order valence-electron chi connectivity index (χ4n) is 3.58. The number of nitrogens with zero attached hydrogens (tertiary/aromatic N) is 4. The fraction of sp³-hybridized carbons (Fsp3) is 0.0357. The van der Waals surface area contributed by atoms with E-state index >= 15 is 0 Å². The zero-order valence-electron chi connectivity index (χ0n) is 19.7. The third-order valence-electron chi connectivity index (χ3n) is 5.46. The number of fused-ring (bicyclic) bond motifs is 1. The van der Waals surface area contributed by atoms with Crippen LogP contribution in [-0.2, 0) is 0 Å². The zero-order valence-corrected chi connectivity index (χ0v) is 20.5. The number of methoxy groups -OCH3 is 1. The van der Waals surface area contributed by atoms with E-state index in [0.29, 0.717) is 34.0 Å². The summed E-state index contributed by atoms with van der Waals surface area (Å²) in [6.07, 6.45) is 3.13. The number of carbonyl (C=O) groups is 1. The van der Waals surface area contributed by atoms with Gasteiger partial charge < -0.3 is 15.4 Å². The van der Waals surface area contributed by atoms with Crippen LogP contribution in [0.5, 0.6) is 5.75 Å². The maximum absolute atomic E-state index is 13.1. The third kappa shape index (κ3) is 5.50. The van der Waals surface area contributed by atoms with Gasteiger partial charge in [-0.3, -0.25) is 4.79 Å². The van der Waals surface area contributed by atoms with Gasteiger partial charge in [-0.15, -0.1) is 0 Å². The first-order valence-corrected chi connectivity index (χ1v) is 12.0. The second-order valence-corrected chi connectivity index (χ2v) is 8.97. The topological polar surface area (TPSA) is 113 Å². The first-order valence-electron chi connectivity index (χ1n) is 11.2. The molecule has 5 aromatic rings. The minimum absolute atomic E-state index is 0.275. The second kappa shape index (κ2) is 10.8. The molecule has 0 unspecified atom stereocenters. The van der Waals surface area contributed by atoms with Gasteiger partial charge in [-0.2, -0.15) is 5.26 Å². The smallest absolute Gasteiger partial charge is 0.255 e. The molecule has 2 heterocycles. The molecule has 5 rings (SSSR count). The summed E-state index contributed by atoms with van der Waals surface area (Å²) >= 11 is 1.55.